The van der Waals surface area contributed by atoms with Gasteiger partial charge < -0.3 is 10.1 Å². The molecule has 1 unspecified atom stereocenters. The number of imide groups is 2. The molecule has 0 bridgehead atoms. The van der Waals surface area contributed by atoms with Crippen LogP contribution in [-0.2, 0) is 19.1 Å². The minimum absolute atomic E-state index is 0.0287. The zero-order valence-corrected chi connectivity index (χ0v) is 15.7. The maximum atomic E-state index is 12.8. The molecule has 9 nitrogen and oxygen atoms in total. The first-order chi connectivity index (χ1) is 12.9. The fourth-order valence-electron chi connectivity index (χ4n) is 3.02. The summed E-state index contributed by atoms with van der Waals surface area (Å²) in [6, 6.07) is 3.44. The molecule has 2 N–H and O–H groups in total. The number of rotatable bonds is 6. The van der Waals surface area contributed by atoms with E-state index in [0.717, 1.165) is 4.90 Å². The smallest absolute Gasteiger partial charge is 0.264 e. The largest absolute Gasteiger partial charge is 0.371 e. The molecule has 5 amide bonds. The molecule has 1 atom stereocenters. The third kappa shape index (κ3) is 3.76. The van der Waals surface area contributed by atoms with Crippen molar-refractivity contribution >= 4 is 51.2 Å². The van der Waals surface area contributed by atoms with Crippen molar-refractivity contribution in [2.45, 2.75) is 18.9 Å². The Balaban J connectivity index is 1.83. The number of alkyl halides is 1. The molecule has 2 aliphatic rings. The van der Waals surface area contributed by atoms with E-state index in [1.165, 1.54) is 18.2 Å². The van der Waals surface area contributed by atoms with E-state index in [1.54, 1.807) is 0 Å². The summed E-state index contributed by atoms with van der Waals surface area (Å²) in [7, 11) is 0. The zero-order valence-electron chi connectivity index (χ0n) is 14.1. The van der Waals surface area contributed by atoms with E-state index >= 15 is 0 Å². The van der Waals surface area contributed by atoms with E-state index in [2.05, 4.69) is 26.6 Å². The molecule has 0 saturated carbocycles. The number of piperidine rings is 1. The molecule has 0 aliphatic carbocycles. The van der Waals surface area contributed by atoms with Crippen molar-refractivity contribution in [3.63, 3.8) is 0 Å². The molecular formula is C17H16BrN3O6. The average molecular weight is 438 g/mol. The number of nitrogens with one attached hydrogen (secondary N) is 2. The van der Waals surface area contributed by atoms with Gasteiger partial charge in [0.1, 0.15) is 12.6 Å². The molecule has 0 radical (unpaired) electrons. The van der Waals surface area contributed by atoms with Gasteiger partial charge in [0, 0.05) is 11.8 Å². The van der Waals surface area contributed by atoms with E-state index in [4.69, 9.17) is 4.74 Å². The first kappa shape index (κ1) is 19.2. The minimum Gasteiger partial charge on any atom is -0.371 e. The second-order valence-corrected chi connectivity index (χ2v) is 6.76. The predicted molar refractivity (Wildman–Crippen MR) is 96.4 cm³/mol. The van der Waals surface area contributed by atoms with E-state index in [1.807, 2.05) is 0 Å². The van der Waals surface area contributed by atoms with Crippen LogP contribution in [0.1, 0.15) is 33.6 Å². The minimum atomic E-state index is -1.05. The highest BCUT2D eigenvalue weighted by molar-refractivity contribution is 9.09. The topological polar surface area (TPSA) is 122 Å². The lowest BCUT2D eigenvalue weighted by Crippen LogP contribution is -2.54. The van der Waals surface area contributed by atoms with Gasteiger partial charge in [-0.2, -0.15) is 0 Å². The average Bonchev–Trinajstić information content (AvgIpc) is 2.88. The van der Waals surface area contributed by atoms with Crippen LogP contribution in [0.3, 0.4) is 0 Å². The number of carbonyl (C=O) groups excluding carboxylic acids is 5. The van der Waals surface area contributed by atoms with Gasteiger partial charge in [-0.15, -0.1) is 0 Å². The Morgan fingerprint density at radius 1 is 1.26 bits per heavy atom. The van der Waals surface area contributed by atoms with Crippen LogP contribution in [0.25, 0.3) is 0 Å². The molecule has 1 aromatic rings. The van der Waals surface area contributed by atoms with Gasteiger partial charge in [0.05, 0.1) is 23.4 Å². The molecule has 1 aromatic carbocycles. The highest BCUT2D eigenvalue weighted by atomic mass is 79.9. The van der Waals surface area contributed by atoms with Crippen molar-refractivity contribution in [3.05, 3.63) is 29.3 Å². The van der Waals surface area contributed by atoms with Crippen LogP contribution < -0.4 is 10.6 Å². The lowest BCUT2D eigenvalue weighted by atomic mass is 10.0. The van der Waals surface area contributed by atoms with Gasteiger partial charge in [0.25, 0.3) is 11.8 Å². The summed E-state index contributed by atoms with van der Waals surface area (Å²) >= 11 is 3.18. The van der Waals surface area contributed by atoms with Gasteiger partial charge in [-0.1, -0.05) is 22.0 Å². The lowest BCUT2D eigenvalue weighted by molar-refractivity contribution is -0.136. The van der Waals surface area contributed by atoms with Crippen molar-refractivity contribution in [1.82, 2.24) is 10.2 Å². The van der Waals surface area contributed by atoms with Gasteiger partial charge in [0.2, 0.25) is 17.7 Å². The molecule has 0 aromatic heterocycles. The number of hydrogen-bond donors (Lipinski definition) is 2. The molecule has 0 spiro atoms. The molecule has 27 heavy (non-hydrogen) atoms. The van der Waals surface area contributed by atoms with E-state index < -0.39 is 35.6 Å². The molecule has 2 aliphatic heterocycles. The monoisotopic (exact) mass is 437 g/mol. The van der Waals surface area contributed by atoms with Crippen LogP contribution in [0.5, 0.6) is 0 Å². The standard InChI is InChI=1S/C17H16BrN3O6/c18-6-7-27-8-13(23)19-10-3-1-2-9-14(10)17(26)21(16(9)25)11-4-5-12(22)20-15(11)24/h1-3,11H,4-8H2,(H,19,23)(H,20,22,24). The van der Waals surface area contributed by atoms with E-state index in [0.29, 0.717) is 11.9 Å². The van der Waals surface area contributed by atoms with Crippen LogP contribution >= 0.6 is 15.9 Å². The molecule has 10 heteroatoms. The predicted octanol–water partition coefficient (Wildman–Crippen LogP) is 0.438. The Bertz CT molecular complexity index is 840. The summed E-state index contributed by atoms with van der Waals surface area (Å²) in [5, 5.41) is 5.27. The van der Waals surface area contributed by atoms with Crippen molar-refractivity contribution in [1.29, 1.82) is 0 Å². The summed E-state index contributed by atoms with van der Waals surface area (Å²) in [4.78, 5) is 61.8. The summed E-state index contributed by atoms with van der Waals surface area (Å²) in [6.45, 7) is 0.148. The summed E-state index contributed by atoms with van der Waals surface area (Å²) in [5.41, 5.74) is 0.304. The van der Waals surface area contributed by atoms with Crippen LogP contribution in [0.4, 0.5) is 5.69 Å². The van der Waals surface area contributed by atoms with Gasteiger partial charge >= 0.3 is 0 Å². The number of anilines is 1. The third-order valence-corrected chi connectivity index (χ3v) is 4.52. The number of nitrogens with zero attached hydrogens (tertiary/aromatic N) is 1. The molecule has 1 saturated heterocycles. The normalized spacial score (nSPS) is 19.1. The quantitative estimate of drug-likeness (QED) is 0.378. The number of benzene rings is 1. The number of halogens is 1. The first-order valence-corrected chi connectivity index (χ1v) is 9.34. The number of carbonyl (C=O) groups is 5. The van der Waals surface area contributed by atoms with Crippen molar-refractivity contribution in [3.8, 4) is 0 Å². The Kier molecular flexibility index (Phi) is 5.66. The van der Waals surface area contributed by atoms with Crippen LogP contribution in [0, 0.1) is 0 Å². The van der Waals surface area contributed by atoms with Gasteiger partial charge in [-0.05, 0) is 18.6 Å². The van der Waals surface area contributed by atoms with Crippen molar-refractivity contribution < 1.29 is 28.7 Å². The molecular weight excluding hydrogens is 422 g/mol. The molecule has 142 valence electrons. The fourth-order valence-corrected chi connectivity index (χ4v) is 3.25. The highest BCUT2D eigenvalue weighted by Gasteiger charge is 2.45. The van der Waals surface area contributed by atoms with E-state index in [9.17, 15) is 24.0 Å². The summed E-state index contributed by atoms with van der Waals surface area (Å²) in [5.74, 6) is -2.90. The maximum absolute atomic E-state index is 12.8. The maximum Gasteiger partial charge on any atom is 0.264 e. The fraction of sp³-hybridized carbons (Fsp3) is 0.353. The lowest BCUT2D eigenvalue weighted by Gasteiger charge is -2.27. The zero-order chi connectivity index (χ0) is 19.6. The Morgan fingerprint density at radius 2 is 2.04 bits per heavy atom. The number of ether oxygens (including phenoxy) is 1. The Hall–Kier alpha value is -2.59. The number of fused-ring (bicyclic) bond motifs is 1. The van der Waals surface area contributed by atoms with E-state index in [-0.39, 0.29) is 36.3 Å². The van der Waals surface area contributed by atoms with Crippen LogP contribution in [-0.4, -0.2) is 59.0 Å². The van der Waals surface area contributed by atoms with Crippen LogP contribution in [0.15, 0.2) is 18.2 Å². The summed E-state index contributed by atoms with van der Waals surface area (Å²) < 4.78 is 5.12. The highest BCUT2D eigenvalue weighted by Crippen LogP contribution is 2.32. The molecule has 3 rings (SSSR count). The van der Waals surface area contributed by atoms with Crippen LogP contribution in [0.2, 0.25) is 0 Å². The Morgan fingerprint density at radius 3 is 2.74 bits per heavy atom. The van der Waals surface area contributed by atoms with Gasteiger partial charge in [0.15, 0.2) is 0 Å². The number of hydrogen-bond acceptors (Lipinski definition) is 6. The molecule has 2 heterocycles. The Labute approximate surface area is 162 Å². The second kappa shape index (κ2) is 7.97. The van der Waals surface area contributed by atoms with Crippen molar-refractivity contribution in [2.24, 2.45) is 0 Å². The molecule has 1 fully saturated rings. The second-order valence-electron chi connectivity index (χ2n) is 5.97. The third-order valence-electron chi connectivity index (χ3n) is 4.20. The van der Waals surface area contributed by atoms with Gasteiger partial charge in [-0.3, -0.25) is 34.2 Å². The first-order valence-electron chi connectivity index (χ1n) is 8.22. The van der Waals surface area contributed by atoms with Crippen molar-refractivity contribution in [2.75, 3.05) is 23.9 Å². The SMILES string of the molecule is O=C1CCC(N2C(=O)c3cccc(NC(=O)COCCBr)c3C2=O)C(=O)N1. The number of amides is 5. The van der Waals surface area contributed by atoms with Gasteiger partial charge in [-0.25, -0.2) is 0 Å². The summed E-state index contributed by atoms with van der Waals surface area (Å²) in [6.07, 6.45) is 0.108.